The minimum atomic E-state index is -0.693. The summed E-state index contributed by atoms with van der Waals surface area (Å²) < 4.78 is 13.1. The van der Waals surface area contributed by atoms with Gasteiger partial charge in [-0.05, 0) is 49.0 Å². The second kappa shape index (κ2) is 6.67. The van der Waals surface area contributed by atoms with E-state index in [-0.39, 0.29) is 10.8 Å². The van der Waals surface area contributed by atoms with Crippen molar-refractivity contribution in [1.82, 2.24) is 0 Å². The number of anilines is 2. The van der Waals surface area contributed by atoms with Crippen LogP contribution < -0.4 is 10.6 Å². The topological polar surface area (TPSA) is 67.2 Å². The van der Waals surface area contributed by atoms with E-state index < -0.39 is 16.4 Å². The highest BCUT2D eigenvalue weighted by Crippen LogP contribution is 2.26. The molecule has 0 aromatic heterocycles. The van der Waals surface area contributed by atoms with Crippen molar-refractivity contribution in [3.63, 3.8) is 0 Å². The predicted octanol–water partition coefficient (Wildman–Crippen LogP) is 4.50. The van der Waals surface area contributed by atoms with Crippen molar-refractivity contribution in [2.24, 2.45) is 0 Å². The maximum atomic E-state index is 13.1. The van der Waals surface area contributed by atoms with Crippen LogP contribution in [0.2, 0.25) is 5.02 Å². The molecule has 0 heterocycles. The molecular formula is C14H11ClFN3O2S. The third-order valence-electron chi connectivity index (χ3n) is 2.92. The third-order valence-corrected chi connectivity index (χ3v) is 3.53. The molecule has 2 aromatic rings. The summed E-state index contributed by atoms with van der Waals surface area (Å²) in [6.45, 7) is 1.81. The number of hydrogen-bond donors (Lipinski definition) is 2. The van der Waals surface area contributed by atoms with Crippen molar-refractivity contribution in [1.29, 1.82) is 0 Å². The Balaban J connectivity index is 2.19. The number of benzene rings is 2. The lowest BCUT2D eigenvalue weighted by atomic mass is 10.2. The molecule has 0 saturated heterocycles. The number of thiocarbonyl (C=S) groups is 1. The van der Waals surface area contributed by atoms with Gasteiger partial charge in [-0.15, -0.1) is 0 Å². The summed E-state index contributed by atoms with van der Waals surface area (Å²) in [4.78, 5) is 10.2. The lowest BCUT2D eigenvalue weighted by Crippen LogP contribution is -2.20. The van der Waals surface area contributed by atoms with E-state index in [4.69, 9.17) is 23.8 Å². The number of nitrogens with one attached hydrogen (secondary N) is 2. The first kappa shape index (κ1) is 16.1. The van der Waals surface area contributed by atoms with Gasteiger partial charge in [0.05, 0.1) is 11.0 Å². The summed E-state index contributed by atoms with van der Waals surface area (Å²) in [5, 5.41) is 17.2. The fourth-order valence-corrected chi connectivity index (χ4v) is 2.17. The quantitative estimate of drug-likeness (QED) is 0.489. The Kier molecular flexibility index (Phi) is 4.89. The van der Waals surface area contributed by atoms with Crippen molar-refractivity contribution in [2.75, 3.05) is 10.6 Å². The molecule has 0 aliphatic carbocycles. The summed E-state index contributed by atoms with van der Waals surface area (Å²) in [6.07, 6.45) is 0. The van der Waals surface area contributed by atoms with Crippen LogP contribution in [0.4, 0.5) is 21.5 Å². The fourth-order valence-electron chi connectivity index (χ4n) is 1.78. The third kappa shape index (κ3) is 3.69. The first-order chi connectivity index (χ1) is 10.4. The SMILES string of the molecule is Cc1c(Cl)cccc1NC(=S)Nc1ccc(F)cc1[N+](=O)[O-]. The van der Waals surface area contributed by atoms with Gasteiger partial charge >= 0.3 is 0 Å². The Labute approximate surface area is 136 Å². The summed E-state index contributed by atoms with van der Waals surface area (Å²) in [6, 6.07) is 8.46. The van der Waals surface area contributed by atoms with Crippen LogP contribution in [0.1, 0.15) is 5.56 Å². The van der Waals surface area contributed by atoms with E-state index in [0.717, 1.165) is 17.7 Å². The molecule has 0 atom stereocenters. The van der Waals surface area contributed by atoms with E-state index in [9.17, 15) is 14.5 Å². The first-order valence-electron chi connectivity index (χ1n) is 6.15. The predicted molar refractivity (Wildman–Crippen MR) is 89.1 cm³/mol. The minimum Gasteiger partial charge on any atom is -0.332 e. The molecule has 5 nitrogen and oxygen atoms in total. The second-order valence-corrected chi connectivity index (χ2v) is 5.23. The number of nitro groups is 1. The van der Waals surface area contributed by atoms with Gasteiger partial charge in [0.2, 0.25) is 0 Å². The summed E-state index contributed by atoms with van der Waals surface area (Å²) in [5.41, 5.74) is 1.17. The number of hydrogen-bond acceptors (Lipinski definition) is 3. The van der Waals surface area contributed by atoms with Gasteiger partial charge < -0.3 is 10.6 Å². The number of rotatable bonds is 3. The van der Waals surface area contributed by atoms with Crippen LogP contribution in [0, 0.1) is 22.9 Å². The Morgan fingerprint density at radius 2 is 1.95 bits per heavy atom. The molecule has 0 unspecified atom stereocenters. The van der Waals surface area contributed by atoms with Crippen LogP contribution >= 0.6 is 23.8 Å². The maximum Gasteiger partial charge on any atom is 0.295 e. The normalized spacial score (nSPS) is 10.1. The molecule has 0 fully saturated rings. The molecule has 0 spiro atoms. The lowest BCUT2D eigenvalue weighted by molar-refractivity contribution is -0.384. The molecule has 2 aromatic carbocycles. The minimum absolute atomic E-state index is 0.101. The monoisotopic (exact) mass is 339 g/mol. The van der Waals surface area contributed by atoms with Crippen LogP contribution in [0.25, 0.3) is 0 Å². The van der Waals surface area contributed by atoms with Gasteiger partial charge in [0.15, 0.2) is 5.11 Å². The highest BCUT2D eigenvalue weighted by molar-refractivity contribution is 7.80. The van der Waals surface area contributed by atoms with Crippen molar-refractivity contribution in [2.45, 2.75) is 6.92 Å². The Morgan fingerprint density at radius 1 is 1.27 bits per heavy atom. The molecule has 2 N–H and O–H groups in total. The molecule has 8 heteroatoms. The van der Waals surface area contributed by atoms with Crippen molar-refractivity contribution in [3.8, 4) is 0 Å². The molecule has 2 rings (SSSR count). The van der Waals surface area contributed by atoms with Gasteiger partial charge in [0, 0.05) is 10.7 Å². The molecule has 0 radical (unpaired) electrons. The van der Waals surface area contributed by atoms with Gasteiger partial charge in [-0.2, -0.15) is 0 Å². The summed E-state index contributed by atoms with van der Waals surface area (Å²) >= 11 is 11.1. The Morgan fingerprint density at radius 3 is 2.64 bits per heavy atom. The Bertz CT molecular complexity index is 755. The van der Waals surface area contributed by atoms with E-state index in [2.05, 4.69) is 10.6 Å². The van der Waals surface area contributed by atoms with E-state index in [1.807, 2.05) is 6.92 Å². The average Bonchev–Trinajstić information content (AvgIpc) is 2.45. The molecule has 0 amide bonds. The number of nitrogens with zero attached hydrogens (tertiary/aromatic N) is 1. The molecular weight excluding hydrogens is 329 g/mol. The van der Waals surface area contributed by atoms with Crippen molar-refractivity contribution < 1.29 is 9.31 Å². The molecule has 22 heavy (non-hydrogen) atoms. The van der Waals surface area contributed by atoms with Crippen LogP contribution in [0.5, 0.6) is 0 Å². The lowest BCUT2D eigenvalue weighted by Gasteiger charge is -2.13. The van der Waals surface area contributed by atoms with Gasteiger partial charge in [-0.25, -0.2) is 4.39 Å². The fraction of sp³-hybridized carbons (Fsp3) is 0.0714. The van der Waals surface area contributed by atoms with Crippen LogP contribution in [0.15, 0.2) is 36.4 Å². The zero-order valence-corrected chi connectivity index (χ0v) is 13.0. The van der Waals surface area contributed by atoms with Gasteiger partial charge in [-0.1, -0.05) is 17.7 Å². The molecule has 0 saturated carbocycles. The van der Waals surface area contributed by atoms with Gasteiger partial charge in [0.1, 0.15) is 11.5 Å². The number of halogens is 2. The van der Waals surface area contributed by atoms with Gasteiger partial charge in [0.25, 0.3) is 5.69 Å². The number of nitro benzene ring substituents is 1. The zero-order valence-electron chi connectivity index (χ0n) is 11.4. The second-order valence-electron chi connectivity index (χ2n) is 4.41. The maximum absolute atomic E-state index is 13.1. The summed E-state index contributed by atoms with van der Waals surface area (Å²) in [5.74, 6) is -0.693. The standard InChI is InChI=1S/C14H11ClFN3O2S/c1-8-10(15)3-2-4-11(8)17-14(22)18-12-6-5-9(16)7-13(12)19(20)21/h2-7H,1H3,(H2,17,18,22). The van der Waals surface area contributed by atoms with E-state index in [1.165, 1.54) is 6.07 Å². The van der Waals surface area contributed by atoms with Crippen LogP contribution in [-0.4, -0.2) is 10.0 Å². The zero-order chi connectivity index (χ0) is 16.3. The van der Waals surface area contributed by atoms with Crippen LogP contribution in [-0.2, 0) is 0 Å². The summed E-state index contributed by atoms with van der Waals surface area (Å²) in [7, 11) is 0. The first-order valence-corrected chi connectivity index (χ1v) is 6.94. The molecule has 0 bridgehead atoms. The van der Waals surface area contributed by atoms with E-state index in [1.54, 1.807) is 18.2 Å². The Hall–Kier alpha value is -2.25. The van der Waals surface area contributed by atoms with Gasteiger partial charge in [-0.3, -0.25) is 10.1 Å². The highest BCUT2D eigenvalue weighted by atomic mass is 35.5. The molecule has 0 aliphatic heterocycles. The smallest absolute Gasteiger partial charge is 0.295 e. The van der Waals surface area contributed by atoms with E-state index in [0.29, 0.717) is 10.7 Å². The van der Waals surface area contributed by atoms with Crippen molar-refractivity contribution >= 4 is 46.0 Å². The van der Waals surface area contributed by atoms with Crippen LogP contribution in [0.3, 0.4) is 0 Å². The average molecular weight is 340 g/mol. The van der Waals surface area contributed by atoms with E-state index >= 15 is 0 Å². The molecule has 114 valence electrons. The largest absolute Gasteiger partial charge is 0.332 e. The molecule has 0 aliphatic rings. The van der Waals surface area contributed by atoms with Crippen molar-refractivity contribution in [3.05, 3.63) is 62.9 Å². The highest BCUT2D eigenvalue weighted by Gasteiger charge is 2.16.